The molecule has 1 heterocycles. The molecule has 0 fully saturated rings. The monoisotopic (exact) mass is 269 g/mol. The van der Waals surface area contributed by atoms with Crippen LogP contribution in [-0.2, 0) is 17.6 Å². The third kappa shape index (κ3) is 2.46. The minimum absolute atomic E-state index is 0.0421. The van der Waals surface area contributed by atoms with Crippen molar-refractivity contribution in [3.63, 3.8) is 0 Å². The number of carbonyl (C=O) groups is 1. The minimum Gasteiger partial charge on any atom is -0.349 e. The van der Waals surface area contributed by atoms with Crippen molar-refractivity contribution in [2.45, 2.75) is 32.7 Å². The highest BCUT2D eigenvalue weighted by Gasteiger charge is 2.30. The van der Waals surface area contributed by atoms with Gasteiger partial charge in [0.25, 0.3) is 0 Å². The van der Waals surface area contributed by atoms with Crippen molar-refractivity contribution >= 4 is 5.91 Å². The first-order chi connectivity index (χ1) is 9.63. The van der Waals surface area contributed by atoms with E-state index in [9.17, 15) is 4.79 Å². The van der Waals surface area contributed by atoms with Gasteiger partial charge in [-0.1, -0.05) is 30.7 Å². The van der Waals surface area contributed by atoms with Crippen LogP contribution in [0.25, 0.3) is 0 Å². The van der Waals surface area contributed by atoms with E-state index in [1.807, 2.05) is 6.07 Å². The van der Waals surface area contributed by atoms with E-state index in [4.69, 9.17) is 0 Å². The summed E-state index contributed by atoms with van der Waals surface area (Å²) in [5.74, 6) is 0.484. The average Bonchev–Trinajstić information content (AvgIpc) is 3.00. The lowest BCUT2D eigenvalue weighted by molar-refractivity contribution is -0.121. The predicted molar refractivity (Wildman–Crippen MR) is 77.2 cm³/mol. The Morgan fingerprint density at radius 1 is 1.45 bits per heavy atom. The van der Waals surface area contributed by atoms with Gasteiger partial charge in [-0.25, -0.2) is 0 Å². The number of amides is 1. The highest BCUT2D eigenvalue weighted by Crippen LogP contribution is 2.36. The molecule has 104 valence electrons. The topological polar surface area (TPSA) is 57.8 Å². The smallest absolute Gasteiger partial charge is 0.226 e. The number of nitrogens with one attached hydrogen (secondary N) is 2. The maximum atomic E-state index is 12.1. The lowest BCUT2D eigenvalue weighted by atomic mass is 10.0. The highest BCUT2D eigenvalue weighted by atomic mass is 16.1. The number of fused-ring (bicyclic) bond motifs is 1. The Labute approximate surface area is 118 Å². The molecule has 4 heteroatoms. The summed E-state index contributed by atoms with van der Waals surface area (Å²) in [5.41, 5.74) is 4.72. The van der Waals surface area contributed by atoms with E-state index in [2.05, 4.69) is 47.6 Å². The van der Waals surface area contributed by atoms with Crippen LogP contribution >= 0.6 is 0 Å². The van der Waals surface area contributed by atoms with Crippen molar-refractivity contribution < 1.29 is 4.79 Å². The Hall–Kier alpha value is -2.10. The van der Waals surface area contributed by atoms with Gasteiger partial charge in [0.1, 0.15) is 0 Å². The molecule has 1 amide bonds. The molecule has 1 aliphatic carbocycles. The second-order valence-corrected chi connectivity index (χ2v) is 5.69. The van der Waals surface area contributed by atoms with Crippen molar-refractivity contribution in [2.75, 3.05) is 0 Å². The van der Waals surface area contributed by atoms with Crippen LogP contribution in [0.5, 0.6) is 0 Å². The Balaban J connectivity index is 1.74. The number of hydrogen-bond donors (Lipinski definition) is 2. The molecule has 2 N–H and O–H groups in total. The third-order valence-corrected chi connectivity index (χ3v) is 3.97. The van der Waals surface area contributed by atoms with E-state index >= 15 is 0 Å². The lowest BCUT2D eigenvalue weighted by Gasteiger charge is -2.19. The first-order valence-corrected chi connectivity index (χ1v) is 7.00. The number of aromatic amines is 1. The fraction of sp³-hybridized carbons (Fsp3) is 0.375. The quantitative estimate of drug-likeness (QED) is 0.898. The fourth-order valence-electron chi connectivity index (χ4n) is 2.96. The first kappa shape index (κ1) is 12.9. The Morgan fingerprint density at radius 2 is 2.30 bits per heavy atom. The van der Waals surface area contributed by atoms with Crippen molar-refractivity contribution in [3.8, 4) is 0 Å². The zero-order chi connectivity index (χ0) is 14.1. The van der Waals surface area contributed by atoms with Gasteiger partial charge in [-0.05, 0) is 36.5 Å². The summed E-state index contributed by atoms with van der Waals surface area (Å²) in [6.07, 6.45) is 3.05. The van der Waals surface area contributed by atoms with Gasteiger partial charge >= 0.3 is 0 Å². The molecule has 20 heavy (non-hydrogen) atoms. The van der Waals surface area contributed by atoms with Crippen LogP contribution in [0.1, 0.15) is 35.3 Å². The van der Waals surface area contributed by atoms with Gasteiger partial charge in [-0.15, -0.1) is 0 Å². The molecule has 0 saturated carbocycles. The van der Waals surface area contributed by atoms with Crippen molar-refractivity contribution in [1.82, 2.24) is 15.5 Å². The number of nitrogens with zero attached hydrogens (tertiary/aromatic N) is 1. The maximum Gasteiger partial charge on any atom is 0.226 e. The number of hydrogen-bond acceptors (Lipinski definition) is 2. The van der Waals surface area contributed by atoms with Gasteiger partial charge in [0.2, 0.25) is 5.91 Å². The second-order valence-electron chi connectivity index (χ2n) is 5.69. The standard InChI is InChI=1S/C16H19N3O/c1-10-3-4-12-8-11(2)16(14(12)7-10)18-15(20)9-13-5-6-17-19-13/h3-7,11,16H,8-9H2,1-2H3,(H,17,19)(H,18,20)/t11-,16-/m0/s1. The summed E-state index contributed by atoms with van der Waals surface area (Å²) >= 11 is 0. The number of aromatic nitrogens is 2. The number of aryl methyl sites for hydroxylation is 1. The van der Waals surface area contributed by atoms with E-state index in [0.29, 0.717) is 12.3 Å². The molecule has 2 atom stereocenters. The fourth-order valence-corrected chi connectivity index (χ4v) is 2.96. The summed E-state index contributed by atoms with van der Waals surface area (Å²) in [6.45, 7) is 4.28. The van der Waals surface area contributed by atoms with E-state index < -0.39 is 0 Å². The molecule has 4 nitrogen and oxygen atoms in total. The maximum absolute atomic E-state index is 12.1. The molecular weight excluding hydrogens is 250 g/mol. The molecule has 0 spiro atoms. The molecule has 0 aliphatic heterocycles. The second kappa shape index (κ2) is 5.12. The molecular formula is C16H19N3O. The van der Waals surface area contributed by atoms with E-state index in [0.717, 1.165) is 12.1 Å². The molecule has 1 aliphatic rings. The number of benzene rings is 1. The molecule has 1 aromatic heterocycles. The van der Waals surface area contributed by atoms with Gasteiger partial charge in [0, 0.05) is 11.9 Å². The van der Waals surface area contributed by atoms with Crippen LogP contribution < -0.4 is 5.32 Å². The van der Waals surface area contributed by atoms with Crippen molar-refractivity contribution in [3.05, 3.63) is 52.8 Å². The van der Waals surface area contributed by atoms with Crippen LogP contribution in [-0.4, -0.2) is 16.1 Å². The third-order valence-electron chi connectivity index (χ3n) is 3.97. The zero-order valence-corrected chi connectivity index (χ0v) is 11.8. The molecule has 2 aromatic rings. The number of H-pyrrole nitrogens is 1. The predicted octanol–water partition coefficient (Wildman–Crippen LogP) is 2.31. The summed E-state index contributed by atoms with van der Waals surface area (Å²) in [6, 6.07) is 8.47. The van der Waals surface area contributed by atoms with Gasteiger partial charge in [-0.2, -0.15) is 5.10 Å². The van der Waals surface area contributed by atoms with E-state index in [1.165, 1.54) is 16.7 Å². The van der Waals surface area contributed by atoms with Crippen molar-refractivity contribution in [2.24, 2.45) is 5.92 Å². The molecule has 3 rings (SSSR count). The Morgan fingerprint density at radius 3 is 3.05 bits per heavy atom. The van der Waals surface area contributed by atoms with Crippen LogP contribution in [0.3, 0.4) is 0 Å². The van der Waals surface area contributed by atoms with Crippen LogP contribution in [0.4, 0.5) is 0 Å². The van der Waals surface area contributed by atoms with Crippen LogP contribution in [0.15, 0.2) is 30.5 Å². The van der Waals surface area contributed by atoms with Gasteiger partial charge in [0.15, 0.2) is 0 Å². The molecule has 1 aromatic carbocycles. The first-order valence-electron chi connectivity index (χ1n) is 7.00. The molecule has 0 radical (unpaired) electrons. The SMILES string of the molecule is Cc1ccc2c(c1)[C@@H](NC(=O)Cc1ccn[nH]1)[C@@H](C)C2. The summed E-state index contributed by atoms with van der Waals surface area (Å²) in [5, 5.41) is 9.85. The van der Waals surface area contributed by atoms with Gasteiger partial charge in [0.05, 0.1) is 12.5 Å². The summed E-state index contributed by atoms with van der Waals surface area (Å²) in [4.78, 5) is 12.1. The van der Waals surface area contributed by atoms with Gasteiger partial charge in [-0.3, -0.25) is 9.89 Å². The van der Waals surface area contributed by atoms with Crippen molar-refractivity contribution in [1.29, 1.82) is 0 Å². The zero-order valence-electron chi connectivity index (χ0n) is 11.8. The van der Waals surface area contributed by atoms with Crippen LogP contribution in [0, 0.1) is 12.8 Å². The Kier molecular flexibility index (Phi) is 3.30. The molecule has 0 bridgehead atoms. The van der Waals surface area contributed by atoms with Crippen LogP contribution in [0.2, 0.25) is 0 Å². The largest absolute Gasteiger partial charge is 0.349 e. The molecule has 0 unspecified atom stereocenters. The number of rotatable bonds is 3. The normalized spacial score (nSPS) is 20.7. The van der Waals surface area contributed by atoms with E-state index in [1.54, 1.807) is 6.20 Å². The average molecular weight is 269 g/mol. The van der Waals surface area contributed by atoms with Gasteiger partial charge < -0.3 is 5.32 Å². The highest BCUT2D eigenvalue weighted by molar-refractivity contribution is 5.78. The summed E-state index contributed by atoms with van der Waals surface area (Å²) < 4.78 is 0. The lowest BCUT2D eigenvalue weighted by Crippen LogP contribution is -2.31. The molecule has 0 saturated heterocycles. The number of carbonyl (C=O) groups excluding carboxylic acids is 1. The summed E-state index contributed by atoms with van der Waals surface area (Å²) in [7, 11) is 0. The minimum atomic E-state index is 0.0421. The Bertz CT molecular complexity index is 619. The van der Waals surface area contributed by atoms with E-state index in [-0.39, 0.29) is 11.9 Å².